The molecule has 1 aliphatic rings. The molecule has 1 aliphatic carbocycles. The van der Waals surface area contributed by atoms with E-state index in [9.17, 15) is 5.11 Å². The molecule has 0 aromatic heterocycles. The van der Waals surface area contributed by atoms with Crippen molar-refractivity contribution in [3.05, 3.63) is 119 Å². The molecule has 0 aliphatic heterocycles. The molecule has 1 N–H and O–H groups in total. The van der Waals surface area contributed by atoms with Crippen molar-refractivity contribution in [3.63, 3.8) is 0 Å². The second kappa shape index (κ2) is 10.9. The summed E-state index contributed by atoms with van der Waals surface area (Å²) in [5, 5.41) is 12.0. The lowest BCUT2D eigenvalue weighted by Gasteiger charge is -2.16. The zero-order valence-corrected chi connectivity index (χ0v) is 21.9. The number of benzene rings is 4. The number of rotatable bonds is 8. The predicted molar refractivity (Wildman–Crippen MR) is 152 cm³/mol. The van der Waals surface area contributed by atoms with Crippen LogP contribution in [0.5, 0.6) is 23.0 Å². The standard InChI is InChI=1S/C33H30O5/c1-35-25-13-5-21(6-14-25)29-30(22-7-15-26(36-2)16-8-22)32(24-11-19-28(38-4)20-12-24)33(34)31(29)23-9-17-27(37-3)18-10-23/h5-20,33-34H,1-4H3. The molecule has 5 rings (SSSR count). The molecule has 192 valence electrons. The SMILES string of the molecule is COc1ccc(C2=C(c3ccc(OC)cc3)C(O)C(c3ccc(OC)cc3)=C2c2ccc(OC)cc2)cc1. The van der Waals surface area contributed by atoms with Crippen molar-refractivity contribution in [2.24, 2.45) is 0 Å². The van der Waals surface area contributed by atoms with Gasteiger partial charge in [-0.15, -0.1) is 0 Å². The lowest BCUT2D eigenvalue weighted by Crippen LogP contribution is -2.09. The van der Waals surface area contributed by atoms with Gasteiger partial charge in [0.25, 0.3) is 0 Å². The molecule has 0 saturated carbocycles. The van der Waals surface area contributed by atoms with Crippen LogP contribution in [0.1, 0.15) is 22.3 Å². The maximum Gasteiger partial charge on any atom is 0.118 e. The zero-order valence-electron chi connectivity index (χ0n) is 21.9. The highest BCUT2D eigenvalue weighted by molar-refractivity contribution is 6.29. The zero-order chi connectivity index (χ0) is 26.6. The maximum atomic E-state index is 12.0. The Bertz CT molecular complexity index is 1350. The Morgan fingerprint density at radius 3 is 0.868 bits per heavy atom. The van der Waals surface area contributed by atoms with E-state index in [-0.39, 0.29) is 0 Å². The highest BCUT2D eigenvalue weighted by Gasteiger charge is 2.35. The van der Waals surface area contributed by atoms with Gasteiger partial charge >= 0.3 is 0 Å². The summed E-state index contributed by atoms with van der Waals surface area (Å²) < 4.78 is 21.6. The third kappa shape index (κ3) is 4.64. The van der Waals surface area contributed by atoms with Crippen LogP contribution in [0.2, 0.25) is 0 Å². The fourth-order valence-corrected chi connectivity index (χ4v) is 4.95. The first-order chi connectivity index (χ1) is 18.6. The summed E-state index contributed by atoms with van der Waals surface area (Å²) >= 11 is 0. The molecule has 0 radical (unpaired) electrons. The Balaban J connectivity index is 1.80. The third-order valence-electron chi connectivity index (χ3n) is 6.89. The molecule has 0 unspecified atom stereocenters. The Kier molecular flexibility index (Phi) is 7.20. The number of ether oxygens (including phenoxy) is 4. The lowest BCUT2D eigenvalue weighted by atomic mass is 9.89. The molecule has 0 heterocycles. The van der Waals surface area contributed by atoms with Crippen molar-refractivity contribution < 1.29 is 24.1 Å². The summed E-state index contributed by atoms with van der Waals surface area (Å²) in [4.78, 5) is 0. The van der Waals surface area contributed by atoms with E-state index in [1.807, 2.05) is 97.1 Å². The minimum Gasteiger partial charge on any atom is -0.497 e. The predicted octanol–water partition coefficient (Wildman–Crippen LogP) is 6.62. The van der Waals surface area contributed by atoms with Gasteiger partial charge in [0.15, 0.2) is 0 Å². The van der Waals surface area contributed by atoms with Crippen molar-refractivity contribution in [2.45, 2.75) is 6.10 Å². The molecule has 0 saturated heterocycles. The second-order valence-corrected chi connectivity index (χ2v) is 8.89. The van der Waals surface area contributed by atoms with Crippen LogP contribution in [0.25, 0.3) is 22.3 Å². The van der Waals surface area contributed by atoms with Crippen LogP contribution in [-0.4, -0.2) is 39.6 Å². The van der Waals surface area contributed by atoms with Crippen LogP contribution in [0.4, 0.5) is 0 Å². The number of aliphatic hydroxyl groups excluding tert-OH is 1. The number of aliphatic hydroxyl groups is 1. The Hall–Kier alpha value is -4.48. The molecule has 4 aromatic carbocycles. The molecule has 38 heavy (non-hydrogen) atoms. The van der Waals surface area contributed by atoms with Gasteiger partial charge in [-0.05, 0) is 81.9 Å². The van der Waals surface area contributed by atoms with E-state index in [2.05, 4.69) is 0 Å². The molecule has 0 amide bonds. The first kappa shape index (κ1) is 25.2. The van der Waals surface area contributed by atoms with E-state index in [1.54, 1.807) is 28.4 Å². The highest BCUT2D eigenvalue weighted by atomic mass is 16.5. The topological polar surface area (TPSA) is 57.2 Å². The summed E-state index contributed by atoms with van der Waals surface area (Å²) in [5.41, 5.74) is 7.36. The third-order valence-corrected chi connectivity index (χ3v) is 6.89. The number of methoxy groups -OCH3 is 4. The Morgan fingerprint density at radius 1 is 0.395 bits per heavy atom. The Labute approximate surface area is 223 Å². The molecule has 5 heteroatoms. The van der Waals surface area contributed by atoms with Crippen molar-refractivity contribution in [2.75, 3.05) is 28.4 Å². The first-order valence-electron chi connectivity index (χ1n) is 12.3. The second-order valence-electron chi connectivity index (χ2n) is 8.89. The molecule has 0 atom stereocenters. The minimum absolute atomic E-state index is 0.756. The summed E-state index contributed by atoms with van der Waals surface area (Å²) in [7, 11) is 6.60. The van der Waals surface area contributed by atoms with Crippen molar-refractivity contribution in [1.82, 2.24) is 0 Å². The van der Waals surface area contributed by atoms with E-state index in [0.29, 0.717) is 0 Å². The minimum atomic E-state index is -0.869. The van der Waals surface area contributed by atoms with E-state index in [0.717, 1.165) is 67.5 Å². The van der Waals surface area contributed by atoms with Crippen molar-refractivity contribution in [3.8, 4) is 23.0 Å². The van der Waals surface area contributed by atoms with Crippen LogP contribution in [0.3, 0.4) is 0 Å². The number of allylic oxidation sites excluding steroid dienone is 2. The van der Waals surface area contributed by atoms with Gasteiger partial charge in [0.05, 0.1) is 28.4 Å². The van der Waals surface area contributed by atoms with Gasteiger partial charge < -0.3 is 24.1 Å². The van der Waals surface area contributed by atoms with E-state index in [4.69, 9.17) is 18.9 Å². The summed E-state index contributed by atoms with van der Waals surface area (Å²) in [6, 6.07) is 31.5. The van der Waals surface area contributed by atoms with Gasteiger partial charge in [-0.1, -0.05) is 48.5 Å². The summed E-state index contributed by atoms with van der Waals surface area (Å²) in [6.45, 7) is 0. The average molecular weight is 507 g/mol. The van der Waals surface area contributed by atoms with Gasteiger partial charge in [-0.3, -0.25) is 0 Å². The van der Waals surface area contributed by atoms with Crippen LogP contribution >= 0.6 is 0 Å². The molecule has 0 spiro atoms. The average Bonchev–Trinajstić information content (AvgIpc) is 3.29. The fraction of sp³-hybridized carbons (Fsp3) is 0.152. The van der Waals surface area contributed by atoms with Crippen molar-refractivity contribution >= 4 is 22.3 Å². The summed E-state index contributed by atoms with van der Waals surface area (Å²) in [6.07, 6.45) is -0.869. The number of hydrogen-bond acceptors (Lipinski definition) is 5. The normalized spacial score (nSPS) is 13.6. The number of hydrogen-bond donors (Lipinski definition) is 1. The molecule has 0 fully saturated rings. The van der Waals surface area contributed by atoms with Gasteiger partial charge in [-0.2, -0.15) is 0 Å². The monoisotopic (exact) mass is 506 g/mol. The van der Waals surface area contributed by atoms with E-state index < -0.39 is 6.10 Å². The molecule has 4 aromatic rings. The molecular formula is C33H30O5. The molecule has 5 nitrogen and oxygen atoms in total. The van der Waals surface area contributed by atoms with Gasteiger partial charge in [0.1, 0.15) is 29.1 Å². The highest BCUT2D eigenvalue weighted by Crippen LogP contribution is 2.52. The van der Waals surface area contributed by atoms with Crippen LogP contribution in [-0.2, 0) is 0 Å². The van der Waals surface area contributed by atoms with Crippen LogP contribution in [0, 0.1) is 0 Å². The van der Waals surface area contributed by atoms with Gasteiger partial charge in [0, 0.05) is 11.1 Å². The Morgan fingerprint density at radius 2 is 0.632 bits per heavy atom. The smallest absolute Gasteiger partial charge is 0.118 e. The van der Waals surface area contributed by atoms with Crippen molar-refractivity contribution in [1.29, 1.82) is 0 Å². The van der Waals surface area contributed by atoms with E-state index >= 15 is 0 Å². The molecular weight excluding hydrogens is 476 g/mol. The summed E-state index contributed by atoms with van der Waals surface area (Å²) in [5.74, 6) is 3.05. The maximum absolute atomic E-state index is 12.0. The lowest BCUT2D eigenvalue weighted by molar-refractivity contribution is 0.291. The van der Waals surface area contributed by atoms with E-state index in [1.165, 1.54) is 0 Å². The van der Waals surface area contributed by atoms with Gasteiger partial charge in [0.2, 0.25) is 0 Å². The largest absolute Gasteiger partial charge is 0.497 e. The van der Waals surface area contributed by atoms with Crippen LogP contribution < -0.4 is 18.9 Å². The van der Waals surface area contributed by atoms with Crippen LogP contribution in [0.15, 0.2) is 97.1 Å². The quantitative estimate of drug-likeness (QED) is 0.291. The van der Waals surface area contributed by atoms with Gasteiger partial charge in [-0.25, -0.2) is 0 Å². The first-order valence-corrected chi connectivity index (χ1v) is 12.3. The molecule has 0 bridgehead atoms. The fourth-order valence-electron chi connectivity index (χ4n) is 4.95.